The molecular formula is C31H52. The Morgan fingerprint density at radius 2 is 1.77 bits per heavy atom. The molecule has 0 saturated heterocycles. The van der Waals surface area contributed by atoms with Gasteiger partial charge in [0.1, 0.15) is 0 Å². The summed E-state index contributed by atoms with van der Waals surface area (Å²) in [5.74, 6) is 2.64. The van der Waals surface area contributed by atoms with Gasteiger partial charge in [-0.2, -0.15) is 0 Å². The molecule has 0 aromatic carbocycles. The third kappa shape index (κ3) is 6.49. The Morgan fingerprint density at radius 1 is 1.03 bits per heavy atom. The van der Waals surface area contributed by atoms with Crippen LogP contribution in [0, 0.1) is 28.6 Å². The molecule has 0 aromatic heterocycles. The van der Waals surface area contributed by atoms with E-state index in [0.717, 1.165) is 30.6 Å². The molecule has 3 fully saturated rings. The van der Waals surface area contributed by atoms with Crippen LogP contribution in [0.25, 0.3) is 0 Å². The highest BCUT2D eigenvalue weighted by Crippen LogP contribution is 2.58. The van der Waals surface area contributed by atoms with E-state index in [1.54, 1.807) is 5.57 Å². The third-order valence-corrected chi connectivity index (χ3v) is 8.77. The molecule has 3 aliphatic carbocycles. The van der Waals surface area contributed by atoms with Crippen molar-refractivity contribution >= 4 is 0 Å². The Balaban J connectivity index is 0.00000166. The van der Waals surface area contributed by atoms with Gasteiger partial charge in [-0.1, -0.05) is 96.8 Å². The lowest BCUT2D eigenvalue weighted by Gasteiger charge is -2.42. The first-order chi connectivity index (χ1) is 14.8. The number of unbranched alkanes of at least 4 members (excludes halogenated alkanes) is 1. The van der Waals surface area contributed by atoms with Gasteiger partial charge in [-0.05, 0) is 91.9 Å². The second-order valence-electron chi connectivity index (χ2n) is 11.4. The van der Waals surface area contributed by atoms with Crippen LogP contribution < -0.4 is 0 Å². The first-order valence-electron chi connectivity index (χ1n) is 13.5. The topological polar surface area (TPSA) is 0 Å². The number of allylic oxidation sites excluding steroid dienone is 6. The average molecular weight is 425 g/mol. The predicted molar refractivity (Wildman–Crippen MR) is 140 cm³/mol. The monoisotopic (exact) mass is 424 g/mol. The van der Waals surface area contributed by atoms with Crippen molar-refractivity contribution in [3.8, 4) is 0 Å². The Hall–Kier alpha value is -1.04. The lowest BCUT2D eigenvalue weighted by molar-refractivity contribution is 0.127. The molecule has 3 aliphatic rings. The van der Waals surface area contributed by atoms with Crippen LogP contribution >= 0.6 is 0 Å². The van der Waals surface area contributed by atoms with E-state index < -0.39 is 0 Å². The second kappa shape index (κ2) is 11.7. The normalized spacial score (nSPS) is 35.8. The van der Waals surface area contributed by atoms with E-state index in [1.807, 2.05) is 13.8 Å². The maximum absolute atomic E-state index is 4.40. The fraction of sp³-hybridized carbons (Fsp3) is 0.742. The molecule has 0 nitrogen and oxygen atoms in total. The van der Waals surface area contributed by atoms with Crippen molar-refractivity contribution in [2.45, 2.75) is 119 Å². The molecule has 0 amide bonds. The molecular weight excluding hydrogens is 372 g/mol. The molecule has 3 saturated carbocycles. The van der Waals surface area contributed by atoms with Crippen LogP contribution in [0.4, 0.5) is 0 Å². The van der Waals surface area contributed by atoms with E-state index >= 15 is 0 Å². The van der Waals surface area contributed by atoms with Gasteiger partial charge in [0.05, 0.1) is 0 Å². The lowest BCUT2D eigenvalue weighted by atomic mass is 9.62. The summed E-state index contributed by atoms with van der Waals surface area (Å²) in [5.41, 5.74) is 5.39. The number of hydrogen-bond donors (Lipinski definition) is 0. The maximum Gasteiger partial charge on any atom is -0.0106 e. The largest absolute Gasteiger partial charge is 0.103 e. The molecule has 0 spiro atoms. The van der Waals surface area contributed by atoms with Crippen LogP contribution in [-0.4, -0.2) is 0 Å². The summed E-state index contributed by atoms with van der Waals surface area (Å²) in [5, 5.41) is 0. The van der Waals surface area contributed by atoms with Crippen molar-refractivity contribution in [3.63, 3.8) is 0 Å². The molecule has 3 rings (SSSR count). The van der Waals surface area contributed by atoms with Gasteiger partial charge in [0.2, 0.25) is 0 Å². The Morgan fingerprint density at radius 3 is 2.42 bits per heavy atom. The van der Waals surface area contributed by atoms with Crippen LogP contribution in [-0.2, 0) is 0 Å². The molecule has 0 aromatic rings. The highest BCUT2D eigenvalue weighted by Gasteiger charge is 2.48. The summed E-state index contributed by atoms with van der Waals surface area (Å²) in [6.45, 7) is 22.1. The van der Waals surface area contributed by atoms with Crippen molar-refractivity contribution in [1.82, 2.24) is 0 Å². The second-order valence-corrected chi connectivity index (χ2v) is 11.4. The van der Waals surface area contributed by atoms with E-state index in [9.17, 15) is 0 Å². The van der Waals surface area contributed by atoms with Crippen LogP contribution in [0.3, 0.4) is 0 Å². The summed E-state index contributed by atoms with van der Waals surface area (Å²) in [4.78, 5) is 0. The van der Waals surface area contributed by atoms with Gasteiger partial charge in [0.25, 0.3) is 0 Å². The van der Waals surface area contributed by atoms with E-state index in [4.69, 9.17) is 0 Å². The van der Waals surface area contributed by atoms with Crippen LogP contribution in [0.1, 0.15) is 119 Å². The Bertz CT molecular complexity index is 660. The first-order valence-corrected chi connectivity index (χ1v) is 13.5. The van der Waals surface area contributed by atoms with Gasteiger partial charge in [-0.15, -0.1) is 6.58 Å². The molecule has 0 aliphatic heterocycles. The van der Waals surface area contributed by atoms with Crippen molar-refractivity contribution < 1.29 is 0 Å². The van der Waals surface area contributed by atoms with Crippen molar-refractivity contribution in [1.29, 1.82) is 0 Å². The summed E-state index contributed by atoms with van der Waals surface area (Å²) in [6.07, 6.45) is 23.3. The van der Waals surface area contributed by atoms with E-state index in [1.165, 1.54) is 75.4 Å². The summed E-state index contributed by atoms with van der Waals surface area (Å²) >= 11 is 0. The first kappa shape index (κ1) is 26.2. The minimum absolute atomic E-state index is 0.249. The molecule has 0 bridgehead atoms. The quantitative estimate of drug-likeness (QED) is 0.281. The standard InChI is InChI=1S/C29H46.C2H6/c1-7-28(5)20-18-24(23(4)21-28)14-15-25-12-10-19-29(6)26(16-17-27(25)29)13-9-8-11-22(2)3;1-2/h7,14-15,22,26-27H,1,4,8-13,16-21H2,2-3,5-6H3;1-2H3/b24-14+,25-15+;. The minimum atomic E-state index is 0.249. The zero-order chi connectivity index (χ0) is 23.1. The fourth-order valence-corrected chi connectivity index (χ4v) is 6.63. The van der Waals surface area contributed by atoms with Gasteiger partial charge in [-0.3, -0.25) is 0 Å². The maximum atomic E-state index is 4.40. The highest BCUT2D eigenvalue weighted by molar-refractivity contribution is 5.37. The van der Waals surface area contributed by atoms with E-state index in [2.05, 4.69) is 59.1 Å². The smallest absolute Gasteiger partial charge is 0.0106 e. The SMILES string of the molecule is C=CC1(C)CC/C(=C\C=C2/CCCC3(C)C(CCCCC(C)C)CCC23)C(=C)C1.CC. The summed E-state index contributed by atoms with van der Waals surface area (Å²) < 4.78 is 0. The zero-order valence-electron chi connectivity index (χ0n) is 21.9. The van der Waals surface area contributed by atoms with Gasteiger partial charge in [-0.25, -0.2) is 0 Å². The lowest BCUT2D eigenvalue weighted by Crippen LogP contribution is -2.33. The zero-order valence-corrected chi connectivity index (χ0v) is 21.9. The molecule has 0 heteroatoms. The minimum Gasteiger partial charge on any atom is -0.103 e. The van der Waals surface area contributed by atoms with E-state index in [-0.39, 0.29) is 5.41 Å². The van der Waals surface area contributed by atoms with Crippen LogP contribution in [0.5, 0.6) is 0 Å². The molecule has 0 N–H and O–H groups in total. The highest BCUT2D eigenvalue weighted by atomic mass is 14.5. The van der Waals surface area contributed by atoms with Gasteiger partial charge >= 0.3 is 0 Å². The summed E-state index contributed by atoms with van der Waals surface area (Å²) in [6, 6.07) is 0. The van der Waals surface area contributed by atoms with Crippen molar-refractivity contribution in [3.05, 3.63) is 48.1 Å². The number of rotatable bonds is 7. The van der Waals surface area contributed by atoms with Gasteiger partial charge in [0.15, 0.2) is 0 Å². The number of hydrogen-bond acceptors (Lipinski definition) is 0. The molecule has 0 radical (unpaired) electrons. The van der Waals surface area contributed by atoms with Crippen LogP contribution in [0.2, 0.25) is 0 Å². The summed E-state index contributed by atoms with van der Waals surface area (Å²) in [7, 11) is 0. The number of fused-ring (bicyclic) bond motifs is 1. The third-order valence-electron chi connectivity index (χ3n) is 8.77. The molecule has 4 unspecified atom stereocenters. The van der Waals surface area contributed by atoms with Crippen molar-refractivity contribution in [2.75, 3.05) is 0 Å². The van der Waals surface area contributed by atoms with Crippen LogP contribution in [0.15, 0.2) is 48.1 Å². The molecule has 31 heavy (non-hydrogen) atoms. The van der Waals surface area contributed by atoms with E-state index in [0.29, 0.717) is 5.41 Å². The fourth-order valence-electron chi connectivity index (χ4n) is 6.63. The van der Waals surface area contributed by atoms with Gasteiger partial charge < -0.3 is 0 Å². The Labute approximate surface area is 195 Å². The Kier molecular flexibility index (Phi) is 9.91. The van der Waals surface area contributed by atoms with Crippen molar-refractivity contribution in [2.24, 2.45) is 28.6 Å². The van der Waals surface area contributed by atoms with Gasteiger partial charge in [0, 0.05) is 0 Å². The predicted octanol–water partition coefficient (Wildman–Crippen LogP) is 10.2. The molecule has 4 atom stereocenters. The average Bonchev–Trinajstić information content (AvgIpc) is 3.08. The molecule has 0 heterocycles. The molecule has 176 valence electrons.